The maximum absolute atomic E-state index is 14.4. The second kappa shape index (κ2) is 18.0. The van der Waals surface area contributed by atoms with Crippen LogP contribution in [0.15, 0.2) is 41.2 Å². The van der Waals surface area contributed by atoms with Gasteiger partial charge in [-0.25, -0.2) is 0 Å². The van der Waals surface area contributed by atoms with Gasteiger partial charge in [0.05, 0.1) is 53.0 Å². The van der Waals surface area contributed by atoms with Crippen LogP contribution >= 0.6 is 0 Å². The molecule has 1 fully saturated rings. The van der Waals surface area contributed by atoms with Gasteiger partial charge in [0.2, 0.25) is 0 Å². The molecule has 4 aliphatic heterocycles. The number of ether oxygens (including phenoxy) is 4. The van der Waals surface area contributed by atoms with E-state index in [4.69, 9.17) is 18.9 Å². The van der Waals surface area contributed by atoms with Gasteiger partial charge >= 0.3 is 11.8 Å². The van der Waals surface area contributed by atoms with Crippen molar-refractivity contribution in [1.82, 2.24) is 9.91 Å². The predicted molar refractivity (Wildman–Crippen MR) is 220 cm³/mol. The molecule has 9 atom stereocenters. The van der Waals surface area contributed by atoms with Crippen LogP contribution < -0.4 is 10.1 Å². The fourth-order valence-corrected chi connectivity index (χ4v) is 7.92. The summed E-state index contributed by atoms with van der Waals surface area (Å²) >= 11 is 0. The molecule has 16 nitrogen and oxygen atoms in total. The number of hydrogen-bond acceptors (Lipinski definition) is 15. The van der Waals surface area contributed by atoms with E-state index in [2.05, 4.69) is 15.3 Å². The molecule has 6 rings (SSSR count). The average molecular weight is 823 g/mol. The highest BCUT2D eigenvalue weighted by atomic mass is 16.7. The summed E-state index contributed by atoms with van der Waals surface area (Å²) in [4.78, 5) is 42.6. The molecule has 1 saturated heterocycles. The third-order valence-corrected chi connectivity index (χ3v) is 11.9. The fraction of sp³-hybridized carbons (Fsp3) is 0.535. The maximum Gasteiger partial charge on any atom is 0.312 e. The Hall–Kier alpha value is -5.16. The zero-order valence-electron chi connectivity index (χ0n) is 35.3. The maximum atomic E-state index is 14.4. The van der Waals surface area contributed by atoms with Crippen LogP contribution in [-0.4, -0.2) is 130 Å². The minimum atomic E-state index is -2.04. The summed E-state index contributed by atoms with van der Waals surface area (Å²) in [6.07, 6.45) is 4.86. The molecule has 2 aromatic rings. The van der Waals surface area contributed by atoms with Gasteiger partial charge in [-0.3, -0.25) is 19.4 Å². The van der Waals surface area contributed by atoms with Gasteiger partial charge in [-0.2, -0.15) is 5.10 Å². The van der Waals surface area contributed by atoms with E-state index in [0.717, 1.165) is 13.1 Å². The molecular formula is C43H58N4O12. The van der Waals surface area contributed by atoms with Gasteiger partial charge in [0, 0.05) is 87.3 Å². The van der Waals surface area contributed by atoms with Crippen LogP contribution in [0.5, 0.6) is 23.0 Å². The standard InChI is InChI=1S/C43H58N4O12/c1-21-12-11-13-22(2)42(55)45-33-28(20-44-47-17-15-46(9)16-18-47)37(52)30-31(38(33)53)36(51)26(6)40-32(30)41(54)43(8,59-40)57-19-14-29(56-10)23(3)39(58-27(7)48)25(5)35(50)24(4)34(21)49/h11-14,19-21,23-25,29,34-35,39,49-53H,15-18H2,1-10H3,(H,45,55)/b12-11+,19-14+,22-13-,44-20-/t21-,23+,24?,25-,29-,34+,35+,39+,43-/m0/s1. The summed E-state index contributed by atoms with van der Waals surface area (Å²) in [5.74, 6) is -8.34. The number of aliphatic hydroxyl groups excluding tert-OH is 2. The molecule has 1 unspecified atom stereocenters. The van der Waals surface area contributed by atoms with Gasteiger partial charge in [0.1, 0.15) is 23.4 Å². The fourth-order valence-electron chi connectivity index (χ4n) is 7.92. The van der Waals surface area contributed by atoms with E-state index in [1.165, 1.54) is 59.4 Å². The smallest absolute Gasteiger partial charge is 0.312 e. The number of phenolic OH excluding ortho intramolecular Hbond substituents is 3. The normalized spacial score (nSPS) is 32.1. The van der Waals surface area contributed by atoms with Crippen LogP contribution in [0, 0.1) is 30.6 Å². The topological polar surface area (TPSA) is 220 Å². The Morgan fingerprint density at radius 1 is 0.949 bits per heavy atom. The number of methoxy groups -OCH3 is 1. The Morgan fingerprint density at radius 3 is 2.24 bits per heavy atom. The number of hydrazone groups is 1. The molecular weight excluding hydrogens is 764 g/mol. The summed E-state index contributed by atoms with van der Waals surface area (Å²) in [6, 6.07) is 0. The molecule has 0 aliphatic carbocycles. The number of anilines is 1. The van der Waals surface area contributed by atoms with Crippen LogP contribution in [0.4, 0.5) is 5.69 Å². The van der Waals surface area contributed by atoms with E-state index in [1.807, 2.05) is 7.05 Å². The molecule has 322 valence electrons. The highest BCUT2D eigenvalue weighted by Gasteiger charge is 2.50. The van der Waals surface area contributed by atoms with Crippen LogP contribution in [0.2, 0.25) is 0 Å². The van der Waals surface area contributed by atoms with Gasteiger partial charge in [-0.05, 0) is 27.0 Å². The highest BCUT2D eigenvalue weighted by molar-refractivity contribution is 6.23. The zero-order valence-corrected chi connectivity index (χ0v) is 35.3. The monoisotopic (exact) mass is 822 g/mol. The Kier molecular flexibility index (Phi) is 13.7. The molecule has 0 radical (unpaired) electrons. The van der Waals surface area contributed by atoms with E-state index in [9.17, 15) is 39.9 Å². The van der Waals surface area contributed by atoms with Crippen molar-refractivity contribution in [2.75, 3.05) is 45.7 Å². The number of piperazine rings is 1. The van der Waals surface area contributed by atoms with Crippen LogP contribution in [0.25, 0.3) is 10.8 Å². The van der Waals surface area contributed by atoms with Gasteiger partial charge in [-0.1, -0.05) is 45.9 Å². The number of benzene rings is 2. The van der Waals surface area contributed by atoms with Crippen molar-refractivity contribution < 1.29 is 58.9 Å². The van der Waals surface area contributed by atoms with Crippen LogP contribution in [0.1, 0.15) is 70.0 Å². The zero-order chi connectivity index (χ0) is 43.7. The first-order valence-electron chi connectivity index (χ1n) is 19.8. The van der Waals surface area contributed by atoms with Crippen molar-refractivity contribution in [2.45, 2.75) is 85.6 Å². The van der Waals surface area contributed by atoms with Gasteiger partial charge in [0.25, 0.3) is 11.7 Å². The molecule has 4 heterocycles. The lowest BCUT2D eigenvalue weighted by Crippen LogP contribution is -2.46. The SMILES string of the molecule is CO[C@H]1/C=C/O[C@@]2(C)Oc3c(C)c(O)c4c(O)c(c(/C=N\N5CCN(C)CC5)c(O)c4c3C2=O)NC(=O)/C(C)=C\C=C\[C@H](C)[C@@H](O)C(C)[C@@H](O)[C@H](C)[C@H](OC(C)=O)[C@@H]1C. The number of carbonyl (C=O) groups excluding carboxylic acids is 3. The van der Waals surface area contributed by atoms with Crippen molar-refractivity contribution in [3.63, 3.8) is 0 Å². The van der Waals surface area contributed by atoms with Crippen molar-refractivity contribution in [3.05, 3.63) is 52.8 Å². The Bertz CT molecular complexity index is 2070. The third-order valence-electron chi connectivity index (χ3n) is 11.9. The summed E-state index contributed by atoms with van der Waals surface area (Å²) < 4.78 is 23.6. The first-order valence-corrected chi connectivity index (χ1v) is 19.8. The molecule has 6 N–H and O–H groups in total. The van der Waals surface area contributed by atoms with E-state index in [-0.39, 0.29) is 44.5 Å². The molecule has 2 aromatic carbocycles. The second-order valence-corrected chi connectivity index (χ2v) is 16.1. The second-order valence-electron chi connectivity index (χ2n) is 16.1. The summed E-state index contributed by atoms with van der Waals surface area (Å²) in [5, 5.41) is 66.8. The van der Waals surface area contributed by atoms with E-state index < -0.39 is 88.8 Å². The van der Waals surface area contributed by atoms with E-state index in [0.29, 0.717) is 13.1 Å². The molecule has 0 saturated carbocycles. The number of carbonyl (C=O) groups is 3. The van der Waals surface area contributed by atoms with Gasteiger partial charge < -0.3 is 54.7 Å². The quantitative estimate of drug-likeness (QED) is 0.109. The number of likely N-dealkylation sites (N-methyl/N-ethyl adjacent to an activating group) is 1. The number of aliphatic hydroxyl groups is 2. The predicted octanol–water partition coefficient (Wildman–Crippen LogP) is 4.34. The van der Waals surface area contributed by atoms with Crippen molar-refractivity contribution in [3.8, 4) is 23.0 Å². The molecule has 0 spiro atoms. The number of ketones is 1. The molecule has 1 amide bonds. The number of amides is 1. The summed E-state index contributed by atoms with van der Waals surface area (Å²) in [5.41, 5.74) is -0.350. The lowest BCUT2D eigenvalue weighted by atomic mass is 9.78. The number of phenols is 3. The number of aromatic hydroxyl groups is 3. The number of Topliss-reactive ketones (excluding diaryl/α,β-unsaturated/α-hetero) is 1. The minimum Gasteiger partial charge on any atom is -0.507 e. The minimum absolute atomic E-state index is 0.0559. The summed E-state index contributed by atoms with van der Waals surface area (Å²) in [7, 11) is 3.42. The molecule has 5 bridgehead atoms. The van der Waals surface area contributed by atoms with Crippen LogP contribution in [-0.2, 0) is 23.8 Å². The van der Waals surface area contributed by atoms with Crippen molar-refractivity contribution >= 4 is 40.3 Å². The highest BCUT2D eigenvalue weighted by Crippen LogP contribution is 2.55. The molecule has 4 aliphatic rings. The number of allylic oxidation sites excluding steroid dienone is 2. The first kappa shape index (κ1) is 44.9. The number of hydrogen-bond donors (Lipinski definition) is 6. The number of rotatable bonds is 4. The number of fused-ring (bicyclic) bond motifs is 14. The van der Waals surface area contributed by atoms with E-state index in [1.54, 1.807) is 44.9 Å². The van der Waals surface area contributed by atoms with Crippen LogP contribution in [0.3, 0.4) is 0 Å². The average Bonchev–Trinajstić information content (AvgIpc) is 3.46. The Balaban J connectivity index is 1.70. The Labute approximate surface area is 344 Å². The van der Waals surface area contributed by atoms with Crippen molar-refractivity contribution in [2.24, 2.45) is 28.8 Å². The number of nitrogens with one attached hydrogen (secondary N) is 1. The van der Waals surface area contributed by atoms with Gasteiger partial charge in [-0.15, -0.1) is 0 Å². The summed E-state index contributed by atoms with van der Waals surface area (Å²) in [6.45, 7) is 15.1. The largest absolute Gasteiger partial charge is 0.507 e. The Morgan fingerprint density at radius 2 is 1.61 bits per heavy atom. The lowest BCUT2D eigenvalue weighted by molar-refractivity contribution is -0.160. The van der Waals surface area contributed by atoms with Gasteiger partial charge in [0.15, 0.2) is 5.75 Å². The molecule has 0 aromatic heterocycles. The molecule has 59 heavy (non-hydrogen) atoms. The third kappa shape index (κ3) is 8.91. The van der Waals surface area contributed by atoms with Crippen molar-refractivity contribution in [1.29, 1.82) is 0 Å². The first-order chi connectivity index (χ1) is 27.7. The number of nitrogens with zero attached hydrogens (tertiary/aromatic N) is 3. The lowest BCUT2D eigenvalue weighted by Gasteiger charge is -2.38. The number of esters is 1. The molecule has 16 heteroatoms. The van der Waals surface area contributed by atoms with E-state index >= 15 is 0 Å².